The zero-order chi connectivity index (χ0) is 21.8. The van der Waals surface area contributed by atoms with E-state index in [1.54, 1.807) is 0 Å². The van der Waals surface area contributed by atoms with Crippen molar-refractivity contribution < 1.29 is 9.63 Å². The predicted octanol–water partition coefficient (Wildman–Crippen LogP) is 4.78. The van der Waals surface area contributed by atoms with E-state index in [0.717, 1.165) is 48.2 Å². The Morgan fingerprint density at radius 1 is 1.03 bits per heavy atom. The second-order valence-electron chi connectivity index (χ2n) is 8.10. The first-order valence-electron chi connectivity index (χ1n) is 11.0. The maximum Gasteiger partial charge on any atom is 0.274 e. The number of aromatic nitrogens is 2. The number of carbonyl (C=O) groups is 1. The highest BCUT2D eigenvalue weighted by molar-refractivity contribution is 5.93. The van der Waals surface area contributed by atoms with Crippen molar-refractivity contribution in [1.29, 1.82) is 0 Å². The summed E-state index contributed by atoms with van der Waals surface area (Å²) in [5.74, 6) is 0.223. The number of rotatable bonds is 6. The Bertz CT molecular complexity index is 1200. The zero-order valence-electron chi connectivity index (χ0n) is 18.2. The number of hydroxylamine groups is 1. The quantitative estimate of drug-likeness (QED) is 0.405. The molecule has 7 heteroatoms. The molecule has 33 heavy (non-hydrogen) atoms. The van der Waals surface area contributed by atoms with E-state index in [0.29, 0.717) is 18.1 Å². The number of fused-ring (bicyclic) bond motifs is 1. The third-order valence-electron chi connectivity index (χ3n) is 5.98. The topological polar surface area (TPSA) is 68.2 Å². The summed E-state index contributed by atoms with van der Waals surface area (Å²) >= 11 is 0. The van der Waals surface area contributed by atoms with E-state index >= 15 is 0 Å². The first kappa shape index (κ1) is 23.0. The maximum absolute atomic E-state index is 12.5. The van der Waals surface area contributed by atoms with E-state index < -0.39 is 0 Å². The zero-order valence-corrected chi connectivity index (χ0v) is 19.1. The molecule has 4 aromatic rings. The molecule has 0 radical (unpaired) electrons. The summed E-state index contributed by atoms with van der Waals surface area (Å²) in [5, 5.41) is 4.58. The average molecular weight is 463 g/mol. The fourth-order valence-electron chi connectivity index (χ4n) is 4.32. The van der Waals surface area contributed by atoms with Crippen LogP contribution in [0.3, 0.4) is 0 Å². The molecule has 0 bridgehead atoms. The molecule has 0 atom stereocenters. The van der Waals surface area contributed by atoms with Gasteiger partial charge >= 0.3 is 0 Å². The lowest BCUT2D eigenvalue weighted by molar-refractivity contribution is 0.0233. The molecule has 1 aliphatic heterocycles. The summed E-state index contributed by atoms with van der Waals surface area (Å²) in [4.78, 5) is 22.5. The van der Waals surface area contributed by atoms with Crippen LogP contribution in [0.1, 0.15) is 40.4 Å². The Morgan fingerprint density at radius 3 is 2.55 bits per heavy atom. The number of pyridine rings is 1. The number of piperidine rings is 1. The van der Waals surface area contributed by atoms with Gasteiger partial charge < -0.3 is 5.32 Å². The van der Waals surface area contributed by atoms with Gasteiger partial charge in [0, 0.05) is 34.4 Å². The molecular formula is C26H27ClN4O2. The van der Waals surface area contributed by atoms with Crippen LogP contribution in [0, 0.1) is 0 Å². The third kappa shape index (κ3) is 5.09. The molecule has 0 spiro atoms. The average Bonchev–Trinajstić information content (AvgIpc) is 3.25. The van der Waals surface area contributed by atoms with E-state index in [2.05, 4.69) is 32.5 Å². The fraction of sp³-hybridized carbons (Fsp3) is 0.231. The number of benzene rings is 2. The molecule has 2 aromatic carbocycles. The van der Waals surface area contributed by atoms with Crippen LogP contribution in [-0.4, -0.2) is 28.5 Å². The van der Waals surface area contributed by atoms with Crippen molar-refractivity contribution in [2.24, 2.45) is 0 Å². The number of nitrogens with one attached hydrogen (secondary N) is 2. The SMILES string of the molecule is Cl.O=C(NOCc1ccccc1)c1ccc(-n2c(C3CCNCC3)cc3cccnc32)cc1. The lowest BCUT2D eigenvalue weighted by atomic mass is 9.94. The lowest BCUT2D eigenvalue weighted by Gasteiger charge is -2.24. The molecule has 1 amide bonds. The van der Waals surface area contributed by atoms with Gasteiger partial charge in [0.05, 0.1) is 6.61 Å². The van der Waals surface area contributed by atoms with E-state index in [1.165, 1.54) is 5.69 Å². The molecule has 6 nitrogen and oxygen atoms in total. The Balaban J connectivity index is 0.00000259. The molecule has 0 unspecified atom stereocenters. The van der Waals surface area contributed by atoms with Crippen molar-refractivity contribution in [2.75, 3.05) is 13.1 Å². The molecular weight excluding hydrogens is 436 g/mol. The van der Waals surface area contributed by atoms with E-state index in [9.17, 15) is 4.79 Å². The third-order valence-corrected chi connectivity index (χ3v) is 5.98. The predicted molar refractivity (Wildman–Crippen MR) is 132 cm³/mol. The van der Waals surface area contributed by atoms with E-state index in [1.807, 2.05) is 66.9 Å². The van der Waals surface area contributed by atoms with Gasteiger partial charge in [0.25, 0.3) is 5.91 Å². The first-order valence-corrected chi connectivity index (χ1v) is 11.0. The molecule has 2 N–H and O–H groups in total. The Kier molecular flexibility index (Phi) is 7.40. The highest BCUT2D eigenvalue weighted by Crippen LogP contribution is 2.32. The molecule has 5 rings (SSSR count). The van der Waals surface area contributed by atoms with Crippen LogP contribution in [0.15, 0.2) is 79.0 Å². The number of halogens is 1. The summed E-state index contributed by atoms with van der Waals surface area (Å²) in [7, 11) is 0. The molecule has 1 fully saturated rings. The Labute approximate surface area is 199 Å². The standard InChI is InChI=1S/C26H26N4O2.ClH/c31-26(29-32-18-19-5-2-1-3-6-19)21-8-10-23(11-9-21)30-24(20-12-15-27-16-13-20)17-22-7-4-14-28-25(22)30;/h1-11,14,17,20,27H,12-13,15-16,18H2,(H,29,31);1H. The summed E-state index contributed by atoms with van der Waals surface area (Å²) in [6.45, 7) is 2.38. The number of amides is 1. The van der Waals surface area contributed by atoms with Gasteiger partial charge in [0.15, 0.2) is 0 Å². The normalized spacial score (nSPS) is 14.1. The Morgan fingerprint density at radius 2 is 1.79 bits per heavy atom. The minimum Gasteiger partial charge on any atom is -0.317 e. The highest BCUT2D eigenvalue weighted by Gasteiger charge is 2.22. The van der Waals surface area contributed by atoms with Gasteiger partial charge in [-0.15, -0.1) is 12.4 Å². The van der Waals surface area contributed by atoms with Crippen LogP contribution in [0.2, 0.25) is 0 Å². The van der Waals surface area contributed by atoms with Crippen molar-refractivity contribution >= 4 is 29.3 Å². The highest BCUT2D eigenvalue weighted by atomic mass is 35.5. The van der Waals surface area contributed by atoms with Crippen LogP contribution in [-0.2, 0) is 11.4 Å². The van der Waals surface area contributed by atoms with Crippen molar-refractivity contribution in [3.05, 3.63) is 95.8 Å². The number of hydrogen-bond acceptors (Lipinski definition) is 4. The molecule has 170 valence electrons. The smallest absolute Gasteiger partial charge is 0.274 e. The van der Waals surface area contributed by atoms with Crippen molar-refractivity contribution in [1.82, 2.24) is 20.3 Å². The van der Waals surface area contributed by atoms with Crippen LogP contribution < -0.4 is 10.8 Å². The summed E-state index contributed by atoms with van der Waals surface area (Å²) < 4.78 is 2.24. The van der Waals surface area contributed by atoms with E-state index in [-0.39, 0.29) is 18.3 Å². The van der Waals surface area contributed by atoms with Crippen LogP contribution in [0.5, 0.6) is 0 Å². The van der Waals surface area contributed by atoms with Gasteiger partial charge in [-0.05, 0) is 74.0 Å². The summed E-state index contributed by atoms with van der Waals surface area (Å²) in [6.07, 6.45) is 4.04. The van der Waals surface area contributed by atoms with Crippen LogP contribution in [0.4, 0.5) is 0 Å². The second kappa shape index (κ2) is 10.6. The minimum atomic E-state index is -0.262. The van der Waals surface area contributed by atoms with Gasteiger partial charge in [-0.25, -0.2) is 10.5 Å². The molecule has 1 aliphatic rings. The maximum atomic E-state index is 12.5. The summed E-state index contributed by atoms with van der Waals surface area (Å²) in [6, 6.07) is 23.7. The second-order valence-corrected chi connectivity index (χ2v) is 8.10. The van der Waals surface area contributed by atoms with Gasteiger partial charge in [-0.3, -0.25) is 14.2 Å². The van der Waals surface area contributed by atoms with Gasteiger partial charge in [-0.1, -0.05) is 30.3 Å². The summed E-state index contributed by atoms with van der Waals surface area (Å²) in [5.41, 5.74) is 7.32. The van der Waals surface area contributed by atoms with Gasteiger partial charge in [-0.2, -0.15) is 0 Å². The minimum absolute atomic E-state index is 0. The number of carbonyl (C=O) groups excluding carboxylic acids is 1. The van der Waals surface area contributed by atoms with Gasteiger partial charge in [0.2, 0.25) is 0 Å². The van der Waals surface area contributed by atoms with Crippen molar-refractivity contribution in [2.45, 2.75) is 25.4 Å². The van der Waals surface area contributed by atoms with Crippen LogP contribution >= 0.6 is 12.4 Å². The monoisotopic (exact) mass is 462 g/mol. The van der Waals surface area contributed by atoms with Crippen molar-refractivity contribution in [3.8, 4) is 5.69 Å². The largest absolute Gasteiger partial charge is 0.317 e. The Hall–Kier alpha value is -3.19. The fourth-order valence-corrected chi connectivity index (χ4v) is 4.32. The molecule has 2 aromatic heterocycles. The van der Waals surface area contributed by atoms with E-state index in [4.69, 9.17) is 4.84 Å². The van der Waals surface area contributed by atoms with Crippen molar-refractivity contribution in [3.63, 3.8) is 0 Å². The molecule has 1 saturated heterocycles. The molecule has 3 heterocycles. The lowest BCUT2D eigenvalue weighted by Crippen LogP contribution is -2.27. The number of nitrogens with zero attached hydrogens (tertiary/aromatic N) is 2. The first-order chi connectivity index (χ1) is 15.8. The van der Waals surface area contributed by atoms with Crippen LogP contribution in [0.25, 0.3) is 16.7 Å². The number of hydrogen-bond donors (Lipinski definition) is 2. The van der Waals surface area contributed by atoms with Gasteiger partial charge in [0.1, 0.15) is 5.65 Å². The molecule has 0 saturated carbocycles. The molecule has 0 aliphatic carbocycles.